The Kier molecular flexibility index (Phi) is 5.60. The van der Waals surface area contributed by atoms with E-state index in [-0.39, 0.29) is 18.7 Å². The molecule has 27 heavy (non-hydrogen) atoms. The fraction of sp³-hybridized carbons (Fsp3) is 0.600. The molecule has 2 aliphatic rings. The smallest absolute Gasteiger partial charge is 0.414 e. The van der Waals surface area contributed by atoms with Gasteiger partial charge < -0.3 is 20.5 Å². The zero-order valence-corrected chi connectivity index (χ0v) is 16.2. The lowest BCUT2D eigenvalue weighted by atomic mass is 9.81. The molecule has 1 fully saturated rings. The van der Waals surface area contributed by atoms with Gasteiger partial charge in [-0.1, -0.05) is 12.5 Å². The number of carbonyl (C=O) groups excluding carboxylic acids is 2. The highest BCUT2D eigenvalue weighted by Gasteiger charge is 2.30. The van der Waals surface area contributed by atoms with Crippen LogP contribution in [0.4, 0.5) is 21.0 Å². The number of nitrogens with one attached hydrogen (secondary N) is 2. The Morgan fingerprint density at radius 1 is 1.33 bits per heavy atom. The zero-order valence-electron chi connectivity index (χ0n) is 16.2. The molecule has 1 heterocycles. The molecule has 0 radical (unpaired) electrons. The molecule has 0 spiro atoms. The Bertz CT molecular complexity index is 710. The van der Waals surface area contributed by atoms with Crippen molar-refractivity contribution in [1.29, 1.82) is 0 Å². The van der Waals surface area contributed by atoms with E-state index in [4.69, 9.17) is 4.74 Å². The summed E-state index contributed by atoms with van der Waals surface area (Å²) in [4.78, 5) is 26.2. The lowest BCUT2D eigenvalue weighted by Crippen LogP contribution is -2.40. The quantitative estimate of drug-likeness (QED) is 0.753. The van der Waals surface area contributed by atoms with Crippen molar-refractivity contribution in [3.8, 4) is 0 Å². The molecule has 1 unspecified atom stereocenters. The average molecular weight is 375 g/mol. The molecule has 1 atom stereocenters. The van der Waals surface area contributed by atoms with Gasteiger partial charge in [0.05, 0.1) is 11.8 Å². The highest BCUT2D eigenvalue weighted by Crippen LogP contribution is 2.34. The molecular formula is C20H29N3O4. The van der Waals surface area contributed by atoms with Gasteiger partial charge in [-0.2, -0.15) is 0 Å². The van der Waals surface area contributed by atoms with Crippen molar-refractivity contribution in [3.05, 3.63) is 23.8 Å². The number of amides is 3. The predicted molar refractivity (Wildman–Crippen MR) is 104 cm³/mol. The maximum Gasteiger partial charge on any atom is 0.414 e. The number of rotatable bonds is 4. The lowest BCUT2D eigenvalue weighted by Gasteiger charge is -2.30. The van der Waals surface area contributed by atoms with E-state index in [1.807, 2.05) is 32.9 Å². The Hall–Kier alpha value is -2.28. The van der Waals surface area contributed by atoms with Gasteiger partial charge in [0.25, 0.3) is 0 Å². The van der Waals surface area contributed by atoms with Crippen LogP contribution in [-0.4, -0.2) is 42.0 Å². The molecule has 3 N–H and O–H groups in total. The molecule has 7 nitrogen and oxygen atoms in total. The molecule has 3 rings (SSSR count). The van der Waals surface area contributed by atoms with Crippen LogP contribution < -0.4 is 15.5 Å². The summed E-state index contributed by atoms with van der Waals surface area (Å²) < 4.78 is 5.46. The number of benzene rings is 1. The number of hydrogen-bond donors (Lipinski definition) is 3. The highest BCUT2D eigenvalue weighted by molar-refractivity contribution is 5.96. The first-order valence-electron chi connectivity index (χ1n) is 9.60. The van der Waals surface area contributed by atoms with E-state index in [9.17, 15) is 14.7 Å². The third kappa shape index (κ3) is 4.71. The van der Waals surface area contributed by atoms with Gasteiger partial charge >= 0.3 is 12.1 Å². The molecule has 1 aromatic carbocycles. The van der Waals surface area contributed by atoms with Crippen LogP contribution in [0.5, 0.6) is 0 Å². The number of ether oxygens (including phenoxy) is 1. The SMILES string of the molecule is CC(C)(C)OC(=O)N1CCc2c(NC(=O)NCC(O)C3CCC3)cccc21. The van der Waals surface area contributed by atoms with Gasteiger partial charge in [0.1, 0.15) is 5.60 Å². The molecule has 0 saturated heterocycles. The van der Waals surface area contributed by atoms with Crippen molar-refractivity contribution < 1.29 is 19.4 Å². The number of aliphatic hydroxyl groups excluding tert-OH is 1. The summed E-state index contributed by atoms with van der Waals surface area (Å²) >= 11 is 0. The van der Waals surface area contributed by atoms with E-state index < -0.39 is 11.7 Å². The Morgan fingerprint density at radius 2 is 2.07 bits per heavy atom. The molecule has 1 aliphatic carbocycles. The third-order valence-corrected chi connectivity index (χ3v) is 5.06. The van der Waals surface area contributed by atoms with Crippen LogP contribution in [0, 0.1) is 5.92 Å². The molecule has 3 amide bonds. The fourth-order valence-electron chi connectivity index (χ4n) is 3.41. The first-order valence-corrected chi connectivity index (χ1v) is 9.60. The van der Waals surface area contributed by atoms with Crippen molar-refractivity contribution in [2.24, 2.45) is 5.92 Å². The standard InChI is InChI=1S/C20H29N3O4/c1-20(2,3)27-19(26)23-11-10-14-15(8-5-9-16(14)23)22-18(25)21-12-17(24)13-6-4-7-13/h5,8-9,13,17,24H,4,6-7,10-12H2,1-3H3,(H2,21,22,25). The molecule has 148 valence electrons. The van der Waals surface area contributed by atoms with Crippen molar-refractivity contribution in [2.45, 2.75) is 58.2 Å². The molecule has 1 saturated carbocycles. The number of nitrogens with zero attached hydrogens (tertiary/aromatic N) is 1. The minimum atomic E-state index is -0.559. The molecule has 0 aromatic heterocycles. The monoisotopic (exact) mass is 375 g/mol. The van der Waals surface area contributed by atoms with Crippen molar-refractivity contribution in [1.82, 2.24) is 5.32 Å². The van der Waals surface area contributed by atoms with Crippen LogP contribution in [0.3, 0.4) is 0 Å². The summed E-state index contributed by atoms with van der Waals surface area (Å²) in [5.41, 5.74) is 1.79. The summed E-state index contributed by atoms with van der Waals surface area (Å²) in [5.74, 6) is 0.300. The van der Waals surface area contributed by atoms with Crippen LogP contribution >= 0.6 is 0 Å². The minimum absolute atomic E-state index is 0.246. The largest absolute Gasteiger partial charge is 0.443 e. The van der Waals surface area contributed by atoms with Gasteiger partial charge in [0, 0.05) is 24.3 Å². The third-order valence-electron chi connectivity index (χ3n) is 5.06. The maximum atomic E-state index is 12.4. The average Bonchev–Trinajstić information content (AvgIpc) is 2.95. The summed E-state index contributed by atoms with van der Waals surface area (Å²) in [6.45, 7) is 6.27. The Morgan fingerprint density at radius 3 is 2.70 bits per heavy atom. The number of fused-ring (bicyclic) bond motifs is 1. The van der Waals surface area contributed by atoms with E-state index in [2.05, 4.69) is 10.6 Å². The second kappa shape index (κ2) is 7.76. The Balaban J connectivity index is 1.61. The first kappa shape index (κ1) is 19.5. The van der Waals surface area contributed by atoms with Crippen molar-refractivity contribution in [3.63, 3.8) is 0 Å². The number of carbonyl (C=O) groups is 2. The van der Waals surface area contributed by atoms with E-state index in [0.29, 0.717) is 24.6 Å². The summed E-state index contributed by atoms with van der Waals surface area (Å²) in [6, 6.07) is 5.13. The van der Waals surface area contributed by atoms with Gasteiger partial charge in [-0.15, -0.1) is 0 Å². The molecule has 0 bridgehead atoms. The topological polar surface area (TPSA) is 90.9 Å². The number of urea groups is 1. The normalized spacial score (nSPS) is 17.7. The van der Waals surface area contributed by atoms with E-state index in [0.717, 1.165) is 30.5 Å². The van der Waals surface area contributed by atoms with Crippen LogP contribution in [0.2, 0.25) is 0 Å². The fourth-order valence-corrected chi connectivity index (χ4v) is 3.41. The van der Waals surface area contributed by atoms with Crippen molar-refractivity contribution in [2.75, 3.05) is 23.3 Å². The summed E-state index contributed by atoms with van der Waals surface area (Å²) in [5, 5.41) is 15.6. The van der Waals surface area contributed by atoms with E-state index in [1.165, 1.54) is 0 Å². The molecular weight excluding hydrogens is 346 g/mol. The maximum absolute atomic E-state index is 12.4. The van der Waals surface area contributed by atoms with E-state index in [1.54, 1.807) is 11.0 Å². The predicted octanol–water partition coefficient (Wildman–Crippen LogP) is 3.27. The van der Waals surface area contributed by atoms with Crippen LogP contribution in [0.15, 0.2) is 18.2 Å². The van der Waals surface area contributed by atoms with Crippen LogP contribution in [0.25, 0.3) is 0 Å². The minimum Gasteiger partial charge on any atom is -0.443 e. The number of aliphatic hydroxyl groups is 1. The van der Waals surface area contributed by atoms with Gasteiger partial charge in [0.2, 0.25) is 0 Å². The number of hydrogen-bond acceptors (Lipinski definition) is 4. The van der Waals surface area contributed by atoms with Gasteiger partial charge in [-0.25, -0.2) is 9.59 Å². The Labute approximate surface area is 160 Å². The highest BCUT2D eigenvalue weighted by atomic mass is 16.6. The van der Waals surface area contributed by atoms with Crippen LogP contribution in [0.1, 0.15) is 45.6 Å². The first-order chi connectivity index (χ1) is 12.7. The van der Waals surface area contributed by atoms with Gasteiger partial charge in [-0.3, -0.25) is 4.90 Å². The second-order valence-corrected chi connectivity index (χ2v) is 8.28. The second-order valence-electron chi connectivity index (χ2n) is 8.28. The summed E-state index contributed by atoms with van der Waals surface area (Å²) in [7, 11) is 0. The lowest BCUT2D eigenvalue weighted by molar-refractivity contribution is 0.0584. The van der Waals surface area contributed by atoms with Crippen LogP contribution in [-0.2, 0) is 11.2 Å². The summed E-state index contributed by atoms with van der Waals surface area (Å²) in [6.07, 6.45) is 2.97. The molecule has 1 aliphatic heterocycles. The van der Waals surface area contributed by atoms with Crippen molar-refractivity contribution >= 4 is 23.5 Å². The van der Waals surface area contributed by atoms with Gasteiger partial charge in [0.15, 0.2) is 0 Å². The number of anilines is 2. The van der Waals surface area contributed by atoms with Gasteiger partial charge in [-0.05, 0) is 58.1 Å². The molecule has 7 heteroatoms. The van der Waals surface area contributed by atoms with E-state index >= 15 is 0 Å². The zero-order chi connectivity index (χ0) is 19.6. The molecule has 1 aromatic rings.